The van der Waals surface area contributed by atoms with Crippen LogP contribution in [0.15, 0.2) is 10.3 Å². The Morgan fingerprint density at radius 1 is 1.46 bits per heavy atom. The highest BCUT2D eigenvalue weighted by Gasteiger charge is 2.17. The van der Waals surface area contributed by atoms with E-state index in [1.54, 1.807) is 0 Å². The van der Waals surface area contributed by atoms with Crippen LogP contribution in [0.25, 0.3) is 0 Å². The summed E-state index contributed by atoms with van der Waals surface area (Å²) in [5, 5.41) is 13.9. The third kappa shape index (κ3) is 4.16. The molecule has 0 radical (unpaired) electrons. The van der Waals surface area contributed by atoms with Crippen LogP contribution in [0.2, 0.25) is 0 Å². The summed E-state index contributed by atoms with van der Waals surface area (Å²) in [7, 11) is 2.35. The summed E-state index contributed by atoms with van der Waals surface area (Å²) in [5.41, 5.74) is 4.68. The molecule has 76 valence electrons. The van der Waals surface area contributed by atoms with Crippen molar-refractivity contribution < 1.29 is 19.6 Å². The van der Waals surface area contributed by atoms with E-state index in [-0.39, 0.29) is 18.1 Å². The zero-order valence-electron chi connectivity index (χ0n) is 7.05. The van der Waals surface area contributed by atoms with Crippen molar-refractivity contribution in [1.29, 1.82) is 0 Å². The van der Waals surface area contributed by atoms with E-state index in [1.165, 1.54) is 7.11 Å². The number of carbonyl (C=O) groups is 1. The molecule has 0 aliphatic rings. The predicted molar refractivity (Wildman–Crippen MR) is 47.1 cm³/mol. The van der Waals surface area contributed by atoms with Crippen LogP contribution in [0.1, 0.15) is 0 Å². The normalized spacial score (nSPS) is 11.5. The fourth-order valence-electron chi connectivity index (χ4n) is 0.424. The lowest BCUT2D eigenvalue weighted by molar-refractivity contribution is -0.132. The summed E-state index contributed by atoms with van der Waals surface area (Å²) in [5.74, 6) is -1.31. The minimum Gasteiger partial charge on any atom is -0.464 e. The summed E-state index contributed by atoms with van der Waals surface area (Å²) >= 11 is 0. The summed E-state index contributed by atoms with van der Waals surface area (Å²) in [6.07, 6.45) is 0. The van der Waals surface area contributed by atoms with E-state index in [0.717, 1.165) is 7.11 Å². The van der Waals surface area contributed by atoms with Crippen molar-refractivity contribution in [3.8, 4) is 0 Å². The molecule has 13 heavy (non-hydrogen) atoms. The number of halogens is 1. The van der Waals surface area contributed by atoms with Gasteiger partial charge in [0.2, 0.25) is 5.71 Å². The maximum atomic E-state index is 10.8. The van der Waals surface area contributed by atoms with E-state index in [1.807, 2.05) is 0 Å². The Morgan fingerprint density at radius 2 is 2.00 bits per heavy atom. The van der Waals surface area contributed by atoms with Crippen molar-refractivity contribution in [2.24, 2.45) is 16.0 Å². The monoisotopic (exact) mass is 211 g/mol. The third-order valence-corrected chi connectivity index (χ3v) is 0.912. The SMILES string of the molecule is CON=C(C(=O)OC)C(N)=NO.Cl. The van der Waals surface area contributed by atoms with Gasteiger partial charge in [0.15, 0.2) is 5.84 Å². The van der Waals surface area contributed by atoms with Gasteiger partial charge < -0.3 is 20.5 Å². The molecule has 0 heterocycles. The number of methoxy groups -OCH3 is 1. The van der Waals surface area contributed by atoms with Crippen molar-refractivity contribution in [2.45, 2.75) is 0 Å². The molecular weight excluding hydrogens is 202 g/mol. The van der Waals surface area contributed by atoms with Gasteiger partial charge in [-0.3, -0.25) is 0 Å². The van der Waals surface area contributed by atoms with Crippen LogP contribution in [-0.2, 0) is 14.4 Å². The second-order valence-corrected chi connectivity index (χ2v) is 1.60. The van der Waals surface area contributed by atoms with Crippen LogP contribution in [0.5, 0.6) is 0 Å². The molecule has 0 fully saturated rings. The fourth-order valence-corrected chi connectivity index (χ4v) is 0.424. The number of ether oxygens (including phenoxy) is 1. The molecule has 0 aliphatic heterocycles. The van der Waals surface area contributed by atoms with E-state index in [0.29, 0.717) is 0 Å². The van der Waals surface area contributed by atoms with E-state index in [4.69, 9.17) is 10.9 Å². The van der Waals surface area contributed by atoms with Gasteiger partial charge in [-0.05, 0) is 0 Å². The number of nitrogens with zero attached hydrogens (tertiary/aromatic N) is 2. The van der Waals surface area contributed by atoms with Crippen LogP contribution in [0.3, 0.4) is 0 Å². The Labute approximate surface area is 80.6 Å². The van der Waals surface area contributed by atoms with Crippen molar-refractivity contribution in [2.75, 3.05) is 14.2 Å². The molecule has 0 saturated heterocycles. The topological polar surface area (TPSA) is 106 Å². The van der Waals surface area contributed by atoms with Crippen molar-refractivity contribution in [3.63, 3.8) is 0 Å². The number of hydrogen-bond acceptors (Lipinski definition) is 6. The standard InChI is InChI=1S/C5H9N3O4.ClH/c1-11-5(9)3(8-12-2)4(6)7-10;/h10H,1-2H3,(H2,6,7);1H. The van der Waals surface area contributed by atoms with E-state index < -0.39 is 11.8 Å². The molecule has 0 saturated carbocycles. The lowest BCUT2D eigenvalue weighted by Crippen LogP contribution is -2.32. The molecule has 0 amide bonds. The van der Waals surface area contributed by atoms with E-state index in [2.05, 4.69) is 19.9 Å². The highest BCUT2D eigenvalue weighted by molar-refractivity contribution is 6.64. The Balaban J connectivity index is 0. The molecule has 0 atom stereocenters. The number of rotatable bonds is 3. The van der Waals surface area contributed by atoms with E-state index >= 15 is 0 Å². The van der Waals surface area contributed by atoms with Gasteiger partial charge in [0.05, 0.1) is 7.11 Å². The first kappa shape index (κ1) is 14.0. The summed E-state index contributed by atoms with van der Waals surface area (Å²) < 4.78 is 4.27. The van der Waals surface area contributed by atoms with Crippen LogP contribution in [0, 0.1) is 0 Å². The average Bonchev–Trinajstić information content (AvgIpc) is 2.11. The van der Waals surface area contributed by atoms with Crippen LogP contribution < -0.4 is 5.73 Å². The Kier molecular flexibility index (Phi) is 7.74. The first-order valence-corrected chi connectivity index (χ1v) is 2.84. The number of nitrogens with two attached hydrogens (primary N) is 1. The van der Waals surface area contributed by atoms with Gasteiger partial charge in [-0.1, -0.05) is 10.3 Å². The predicted octanol–water partition coefficient (Wildman–Crippen LogP) is -0.670. The largest absolute Gasteiger partial charge is 0.464 e. The molecule has 8 heteroatoms. The molecule has 0 unspecified atom stereocenters. The number of oxime groups is 2. The first-order valence-electron chi connectivity index (χ1n) is 2.84. The Bertz CT molecular complexity index is 228. The third-order valence-electron chi connectivity index (χ3n) is 0.912. The van der Waals surface area contributed by atoms with Crippen molar-refractivity contribution in [1.82, 2.24) is 0 Å². The van der Waals surface area contributed by atoms with Crippen LogP contribution in [-0.4, -0.2) is 36.9 Å². The maximum absolute atomic E-state index is 10.8. The smallest absolute Gasteiger partial charge is 0.364 e. The second-order valence-electron chi connectivity index (χ2n) is 1.60. The molecule has 3 N–H and O–H groups in total. The summed E-state index contributed by atoms with van der Waals surface area (Å²) in [4.78, 5) is 15.1. The lowest BCUT2D eigenvalue weighted by Gasteiger charge is -1.99. The molecule has 7 nitrogen and oxygen atoms in total. The number of carbonyl (C=O) groups excluding carboxylic acids is 1. The van der Waals surface area contributed by atoms with Gasteiger partial charge in [-0.2, -0.15) is 0 Å². The van der Waals surface area contributed by atoms with Gasteiger partial charge in [-0.15, -0.1) is 12.4 Å². The zero-order chi connectivity index (χ0) is 9.56. The second kappa shape index (κ2) is 7.17. The molecule has 0 aromatic heterocycles. The van der Waals surface area contributed by atoms with Gasteiger partial charge in [0.1, 0.15) is 7.11 Å². The lowest BCUT2D eigenvalue weighted by atomic mass is 10.3. The number of hydrogen-bond donors (Lipinski definition) is 2. The highest BCUT2D eigenvalue weighted by atomic mass is 35.5. The van der Waals surface area contributed by atoms with Crippen molar-refractivity contribution in [3.05, 3.63) is 0 Å². The van der Waals surface area contributed by atoms with Gasteiger partial charge in [-0.25, -0.2) is 4.79 Å². The Morgan fingerprint density at radius 3 is 2.31 bits per heavy atom. The molecular formula is C5H10ClN3O4. The number of amidine groups is 1. The molecule has 0 aromatic rings. The van der Waals surface area contributed by atoms with E-state index in [9.17, 15) is 4.79 Å². The summed E-state index contributed by atoms with van der Waals surface area (Å²) in [6.45, 7) is 0. The summed E-state index contributed by atoms with van der Waals surface area (Å²) in [6, 6.07) is 0. The maximum Gasteiger partial charge on any atom is 0.364 e. The first-order chi connectivity index (χ1) is 5.67. The Hall–Kier alpha value is -1.50. The van der Waals surface area contributed by atoms with Crippen LogP contribution >= 0.6 is 12.4 Å². The number of esters is 1. The average molecular weight is 212 g/mol. The molecule has 0 aromatic carbocycles. The molecule has 0 rings (SSSR count). The van der Waals surface area contributed by atoms with Gasteiger partial charge >= 0.3 is 5.97 Å². The zero-order valence-corrected chi connectivity index (χ0v) is 7.87. The van der Waals surface area contributed by atoms with Crippen molar-refractivity contribution >= 4 is 29.9 Å². The minimum atomic E-state index is -0.841. The molecule has 0 bridgehead atoms. The van der Waals surface area contributed by atoms with Gasteiger partial charge in [0, 0.05) is 0 Å². The minimum absolute atomic E-state index is 0. The fraction of sp³-hybridized carbons (Fsp3) is 0.400. The molecule has 0 spiro atoms. The highest BCUT2D eigenvalue weighted by Crippen LogP contribution is 1.85. The quantitative estimate of drug-likeness (QED) is 0.212. The van der Waals surface area contributed by atoms with Crippen LogP contribution in [0.4, 0.5) is 0 Å². The molecule has 0 aliphatic carbocycles. The van der Waals surface area contributed by atoms with Gasteiger partial charge in [0.25, 0.3) is 0 Å².